The largest absolute Gasteiger partial charge is 0.349 e. The van der Waals surface area contributed by atoms with Gasteiger partial charge >= 0.3 is 0 Å². The van der Waals surface area contributed by atoms with E-state index >= 15 is 0 Å². The number of benzene rings is 1. The number of aryl methyl sites for hydroxylation is 2. The third-order valence-corrected chi connectivity index (χ3v) is 2.83. The van der Waals surface area contributed by atoms with Crippen LogP contribution >= 0.6 is 0 Å². The van der Waals surface area contributed by atoms with E-state index in [9.17, 15) is 4.79 Å². The van der Waals surface area contributed by atoms with Gasteiger partial charge in [-0.25, -0.2) is 0 Å². The summed E-state index contributed by atoms with van der Waals surface area (Å²) < 4.78 is 0. The molecule has 1 rings (SSSR count). The molecule has 1 aromatic rings. The van der Waals surface area contributed by atoms with Crippen molar-refractivity contribution in [1.82, 2.24) is 10.2 Å². The van der Waals surface area contributed by atoms with Crippen molar-refractivity contribution < 1.29 is 4.79 Å². The van der Waals surface area contributed by atoms with Crippen molar-refractivity contribution in [3.63, 3.8) is 0 Å². The Balaban J connectivity index is 2.36. The van der Waals surface area contributed by atoms with Crippen LogP contribution in [0.25, 0.3) is 0 Å². The van der Waals surface area contributed by atoms with Crippen molar-refractivity contribution >= 4 is 5.91 Å². The molecule has 94 valence electrons. The average Bonchev–Trinajstić information content (AvgIpc) is 2.28. The Labute approximate surface area is 104 Å². The zero-order valence-electron chi connectivity index (χ0n) is 11.2. The number of hydrogen-bond donors (Lipinski definition) is 1. The van der Waals surface area contributed by atoms with E-state index in [0.717, 1.165) is 13.1 Å². The van der Waals surface area contributed by atoms with Crippen LogP contribution in [0.2, 0.25) is 0 Å². The lowest BCUT2D eigenvalue weighted by molar-refractivity contribution is -0.128. The summed E-state index contributed by atoms with van der Waals surface area (Å²) in [6.45, 7) is 5.76. The fraction of sp³-hybridized carbons (Fsp3) is 0.500. The predicted molar refractivity (Wildman–Crippen MR) is 70.9 cm³/mol. The topological polar surface area (TPSA) is 32.3 Å². The van der Waals surface area contributed by atoms with E-state index in [0.29, 0.717) is 6.42 Å². The first-order chi connectivity index (χ1) is 8.00. The van der Waals surface area contributed by atoms with Gasteiger partial charge in [0.15, 0.2) is 0 Å². The first-order valence-electron chi connectivity index (χ1n) is 5.97. The molecule has 0 fully saturated rings. The highest BCUT2D eigenvalue weighted by atomic mass is 16.2. The number of nitrogens with one attached hydrogen (secondary N) is 1. The highest BCUT2D eigenvalue weighted by Crippen LogP contribution is 2.10. The van der Waals surface area contributed by atoms with Crippen molar-refractivity contribution in [1.29, 1.82) is 0 Å². The van der Waals surface area contributed by atoms with Gasteiger partial charge in [-0.15, -0.1) is 0 Å². The SMILES string of the molecule is Cc1ccc(C)c(CNCCC(=O)N(C)C)c1. The Hall–Kier alpha value is -1.35. The minimum atomic E-state index is 0.165. The highest BCUT2D eigenvalue weighted by molar-refractivity contribution is 5.75. The molecule has 1 amide bonds. The molecule has 0 radical (unpaired) electrons. The third-order valence-electron chi connectivity index (χ3n) is 2.83. The summed E-state index contributed by atoms with van der Waals surface area (Å²) in [7, 11) is 3.57. The molecule has 3 heteroatoms. The second-order valence-electron chi connectivity index (χ2n) is 4.64. The van der Waals surface area contributed by atoms with E-state index in [2.05, 4.69) is 37.4 Å². The quantitative estimate of drug-likeness (QED) is 0.789. The molecule has 0 spiro atoms. The maximum atomic E-state index is 11.4. The molecule has 0 aromatic heterocycles. The lowest BCUT2D eigenvalue weighted by atomic mass is 10.1. The highest BCUT2D eigenvalue weighted by Gasteiger charge is 2.03. The molecule has 0 aliphatic carbocycles. The van der Waals surface area contributed by atoms with Gasteiger partial charge in [-0.05, 0) is 25.0 Å². The Morgan fingerprint density at radius 2 is 2.00 bits per heavy atom. The number of nitrogens with zero attached hydrogens (tertiary/aromatic N) is 1. The zero-order valence-corrected chi connectivity index (χ0v) is 11.2. The second kappa shape index (κ2) is 6.40. The third kappa shape index (κ3) is 4.57. The van der Waals surface area contributed by atoms with E-state index in [1.54, 1.807) is 19.0 Å². The van der Waals surface area contributed by atoms with Crippen molar-refractivity contribution in [2.45, 2.75) is 26.8 Å². The van der Waals surface area contributed by atoms with Gasteiger partial charge in [-0.1, -0.05) is 23.8 Å². The van der Waals surface area contributed by atoms with E-state index in [1.807, 2.05) is 0 Å². The standard InChI is InChI=1S/C14H22N2O/c1-11-5-6-12(2)13(9-11)10-15-8-7-14(17)16(3)4/h5-6,9,15H,7-8,10H2,1-4H3. The van der Waals surface area contributed by atoms with E-state index < -0.39 is 0 Å². The lowest BCUT2D eigenvalue weighted by Gasteiger charge is -2.11. The van der Waals surface area contributed by atoms with Crippen LogP contribution in [0.1, 0.15) is 23.1 Å². The van der Waals surface area contributed by atoms with E-state index in [4.69, 9.17) is 0 Å². The molecular formula is C14H22N2O. The monoisotopic (exact) mass is 234 g/mol. The minimum Gasteiger partial charge on any atom is -0.349 e. The zero-order chi connectivity index (χ0) is 12.8. The number of rotatable bonds is 5. The van der Waals surface area contributed by atoms with Crippen molar-refractivity contribution in [3.8, 4) is 0 Å². The molecule has 1 N–H and O–H groups in total. The molecule has 3 nitrogen and oxygen atoms in total. The van der Waals surface area contributed by atoms with Crippen LogP contribution in [0.4, 0.5) is 0 Å². The van der Waals surface area contributed by atoms with E-state index in [1.165, 1.54) is 16.7 Å². The van der Waals surface area contributed by atoms with Crippen molar-refractivity contribution in [2.24, 2.45) is 0 Å². The maximum Gasteiger partial charge on any atom is 0.223 e. The van der Waals surface area contributed by atoms with Gasteiger partial charge in [0.05, 0.1) is 0 Å². The summed E-state index contributed by atoms with van der Waals surface area (Å²) in [4.78, 5) is 13.0. The van der Waals surface area contributed by atoms with Gasteiger partial charge in [0.2, 0.25) is 5.91 Å². The Kier molecular flexibility index (Phi) is 5.16. The summed E-state index contributed by atoms with van der Waals surface area (Å²) in [6, 6.07) is 6.45. The van der Waals surface area contributed by atoms with E-state index in [-0.39, 0.29) is 5.91 Å². The van der Waals surface area contributed by atoms with Gasteiger partial charge < -0.3 is 10.2 Å². The van der Waals surface area contributed by atoms with Gasteiger partial charge in [-0.2, -0.15) is 0 Å². The molecule has 0 unspecified atom stereocenters. The molecule has 0 saturated heterocycles. The fourth-order valence-corrected chi connectivity index (χ4v) is 1.63. The van der Waals surface area contributed by atoms with Gasteiger partial charge in [-0.3, -0.25) is 4.79 Å². The summed E-state index contributed by atoms with van der Waals surface area (Å²) in [6.07, 6.45) is 0.553. The number of carbonyl (C=O) groups excluding carboxylic acids is 1. The molecule has 0 bridgehead atoms. The molecule has 0 atom stereocenters. The molecular weight excluding hydrogens is 212 g/mol. The van der Waals surface area contributed by atoms with Crippen molar-refractivity contribution in [2.75, 3.05) is 20.6 Å². The molecule has 0 saturated carbocycles. The van der Waals surface area contributed by atoms with Gasteiger partial charge in [0.25, 0.3) is 0 Å². The predicted octanol–water partition coefficient (Wildman–Crippen LogP) is 1.87. The Morgan fingerprint density at radius 3 is 2.65 bits per heavy atom. The first-order valence-corrected chi connectivity index (χ1v) is 5.97. The van der Waals surface area contributed by atoms with Crippen molar-refractivity contribution in [3.05, 3.63) is 34.9 Å². The van der Waals surface area contributed by atoms with Gasteiger partial charge in [0.1, 0.15) is 0 Å². The number of amides is 1. The van der Waals surface area contributed by atoms with Crippen LogP contribution in [-0.4, -0.2) is 31.4 Å². The summed E-state index contributed by atoms with van der Waals surface area (Å²) >= 11 is 0. The smallest absolute Gasteiger partial charge is 0.223 e. The molecule has 17 heavy (non-hydrogen) atoms. The van der Waals surface area contributed by atoms with Crippen LogP contribution in [0.5, 0.6) is 0 Å². The summed E-state index contributed by atoms with van der Waals surface area (Å²) in [5.41, 5.74) is 3.88. The molecule has 0 aliphatic rings. The minimum absolute atomic E-state index is 0.165. The first kappa shape index (κ1) is 13.7. The Bertz CT molecular complexity index is 386. The van der Waals surface area contributed by atoms with Crippen LogP contribution in [0.3, 0.4) is 0 Å². The number of carbonyl (C=O) groups is 1. The second-order valence-corrected chi connectivity index (χ2v) is 4.64. The normalized spacial score (nSPS) is 10.4. The number of hydrogen-bond acceptors (Lipinski definition) is 2. The molecule has 1 aromatic carbocycles. The lowest BCUT2D eigenvalue weighted by Crippen LogP contribution is -2.26. The summed E-state index contributed by atoms with van der Waals surface area (Å²) in [5, 5.41) is 3.31. The van der Waals surface area contributed by atoms with Gasteiger partial charge in [0, 0.05) is 33.6 Å². The van der Waals surface area contributed by atoms with Crippen LogP contribution in [-0.2, 0) is 11.3 Å². The van der Waals surface area contributed by atoms with Crippen LogP contribution in [0, 0.1) is 13.8 Å². The van der Waals surface area contributed by atoms with Crippen LogP contribution in [0.15, 0.2) is 18.2 Å². The maximum absolute atomic E-state index is 11.4. The van der Waals surface area contributed by atoms with Crippen LogP contribution < -0.4 is 5.32 Å². The molecule has 0 aliphatic heterocycles. The Morgan fingerprint density at radius 1 is 1.29 bits per heavy atom. The molecule has 0 heterocycles. The summed E-state index contributed by atoms with van der Waals surface area (Å²) in [5.74, 6) is 0.165. The average molecular weight is 234 g/mol. The fourth-order valence-electron chi connectivity index (χ4n) is 1.63.